The Labute approximate surface area is 189 Å². The van der Waals surface area contributed by atoms with Crippen LogP contribution >= 0.6 is 0 Å². The molecule has 0 atom stereocenters. The van der Waals surface area contributed by atoms with Crippen molar-refractivity contribution in [3.63, 3.8) is 0 Å². The van der Waals surface area contributed by atoms with Gasteiger partial charge in [-0.1, -0.05) is 33.9 Å². The van der Waals surface area contributed by atoms with Crippen molar-refractivity contribution in [2.24, 2.45) is 7.05 Å². The van der Waals surface area contributed by atoms with Gasteiger partial charge in [0.2, 0.25) is 0 Å². The van der Waals surface area contributed by atoms with Crippen molar-refractivity contribution < 1.29 is 40.3 Å². The molecule has 0 saturated carbocycles. The number of hydrogen-bond donors (Lipinski definition) is 1. The number of aromatic nitrogens is 1. The van der Waals surface area contributed by atoms with Crippen molar-refractivity contribution in [2.45, 2.75) is 34.6 Å². The van der Waals surface area contributed by atoms with Gasteiger partial charge in [0, 0.05) is 11.1 Å². The summed E-state index contributed by atoms with van der Waals surface area (Å²) in [5, 5.41) is 10.3. The van der Waals surface area contributed by atoms with Gasteiger partial charge in [-0.25, -0.2) is 4.39 Å². The number of benzene rings is 1. The quantitative estimate of drug-likeness (QED) is 0.526. The smallest absolute Gasteiger partial charge is 0.665 e. The average Bonchev–Trinajstić information content (AvgIpc) is 2.66. The third-order valence-electron chi connectivity index (χ3n) is 3.91. The predicted molar refractivity (Wildman–Crippen MR) is 109 cm³/mol. The van der Waals surface area contributed by atoms with E-state index in [9.17, 15) is 14.0 Å². The third-order valence-corrected chi connectivity index (χ3v) is 3.91. The molecule has 0 spiro atoms. The van der Waals surface area contributed by atoms with Crippen molar-refractivity contribution in [1.29, 1.82) is 0 Å². The minimum absolute atomic E-state index is 0. The molecule has 28 heavy (non-hydrogen) atoms. The first-order chi connectivity index (χ1) is 12.8. The molecule has 1 aromatic heterocycles. The standard InChI is InChI=1S/C15H14FN3O2.C3H8N.C2H6.U/c1-7-4-5-10(9(16)6-7)17-12-8(2)15(21)19(3)13-11(12)14(20)18-13;1-3-4-2;1-2;/h4-6H,1-3H3,(H2,17,18,20,21);3H2,1-2H3;1-2H3;/q;-1;;+2/p-1. The Bertz CT molecular complexity index is 879. The molecule has 1 aliphatic heterocycles. The minimum atomic E-state index is -0.437. The fourth-order valence-electron chi connectivity index (χ4n) is 2.37. The van der Waals surface area contributed by atoms with E-state index >= 15 is 0 Å². The van der Waals surface area contributed by atoms with E-state index in [1.807, 2.05) is 20.8 Å². The maximum absolute atomic E-state index is 13.9. The number of amides is 1. The number of carbonyl (C=O) groups is 1. The summed E-state index contributed by atoms with van der Waals surface area (Å²) in [4.78, 5) is 23.8. The zero-order valence-electron chi connectivity index (χ0n) is 17.5. The van der Waals surface area contributed by atoms with Crippen LogP contribution in [0.2, 0.25) is 0 Å². The number of nitrogens with zero attached hydrogens (tertiary/aromatic N) is 3. The maximum atomic E-state index is 13.9. The second-order valence-electron chi connectivity index (χ2n) is 5.72. The van der Waals surface area contributed by atoms with Crippen molar-refractivity contribution in [3.05, 3.63) is 61.7 Å². The molecule has 8 heteroatoms. The number of halogens is 1. The van der Waals surface area contributed by atoms with Gasteiger partial charge in [0.05, 0.1) is 11.4 Å². The number of carbonyl (C=O) groups excluding carboxylic acids is 1. The van der Waals surface area contributed by atoms with Gasteiger partial charge in [-0.2, -0.15) is 13.6 Å². The largest absolute Gasteiger partial charge is 2.00 e. The number of aryl methyl sites for hydroxylation is 1. The summed E-state index contributed by atoms with van der Waals surface area (Å²) >= 11 is 0. The summed E-state index contributed by atoms with van der Waals surface area (Å²) in [7, 11) is 3.36. The molecular formula is C20H27FN4O2U. The van der Waals surface area contributed by atoms with Gasteiger partial charge >= 0.3 is 31.1 Å². The number of hydrogen-bond acceptors (Lipinski definition) is 3. The summed E-state index contributed by atoms with van der Waals surface area (Å²) < 4.78 is 15.3. The summed E-state index contributed by atoms with van der Waals surface area (Å²) in [6.45, 7) is 10.3. The molecule has 0 radical (unpaired) electrons. The normalized spacial score (nSPS) is 10.6. The fraction of sp³-hybridized carbons (Fsp3) is 0.400. The molecule has 6 nitrogen and oxygen atoms in total. The molecule has 1 aromatic carbocycles. The zero-order valence-corrected chi connectivity index (χ0v) is 21.6. The van der Waals surface area contributed by atoms with Crippen molar-refractivity contribution >= 4 is 23.1 Å². The van der Waals surface area contributed by atoms with Gasteiger partial charge in [0.1, 0.15) is 5.82 Å². The first-order valence-electron chi connectivity index (χ1n) is 8.90. The molecule has 0 saturated heterocycles. The van der Waals surface area contributed by atoms with Gasteiger partial charge in [0.15, 0.2) is 11.5 Å². The first kappa shape index (κ1) is 26.4. The second-order valence-corrected chi connectivity index (χ2v) is 5.72. The van der Waals surface area contributed by atoms with E-state index in [0.717, 1.165) is 12.1 Å². The molecule has 1 N–H and O–H groups in total. The van der Waals surface area contributed by atoms with Crippen molar-refractivity contribution in [2.75, 3.05) is 18.9 Å². The molecule has 3 rings (SSSR count). The Morgan fingerprint density at radius 1 is 1.21 bits per heavy atom. The van der Waals surface area contributed by atoms with E-state index in [1.165, 1.54) is 10.6 Å². The molecule has 0 unspecified atom stereocenters. The van der Waals surface area contributed by atoms with Crippen molar-refractivity contribution in [3.8, 4) is 0 Å². The van der Waals surface area contributed by atoms with E-state index in [-0.39, 0.29) is 42.4 Å². The summed E-state index contributed by atoms with van der Waals surface area (Å²) in [6.07, 6.45) is 0. The molecule has 0 bridgehead atoms. The minimum Gasteiger partial charge on any atom is -0.665 e. The van der Waals surface area contributed by atoms with Crippen LogP contribution in [0.3, 0.4) is 0 Å². The maximum Gasteiger partial charge on any atom is 2.00 e. The Balaban J connectivity index is 0.000000931. The molecule has 0 aliphatic carbocycles. The monoisotopic (exact) mass is 612 g/mol. The number of rotatable bonds is 3. The van der Waals surface area contributed by atoms with Crippen LogP contribution in [-0.4, -0.2) is 24.1 Å². The van der Waals surface area contributed by atoms with Crippen LogP contribution in [0, 0.1) is 50.8 Å². The Morgan fingerprint density at radius 3 is 2.25 bits per heavy atom. The Morgan fingerprint density at radius 2 is 1.79 bits per heavy atom. The average molecular weight is 612 g/mol. The van der Waals surface area contributed by atoms with Crippen LogP contribution < -0.4 is 10.9 Å². The molecule has 1 amide bonds. The summed E-state index contributed by atoms with van der Waals surface area (Å²) in [5.41, 5.74) is 1.77. The van der Waals surface area contributed by atoms with Crippen molar-refractivity contribution in [1.82, 2.24) is 4.57 Å². The summed E-state index contributed by atoms with van der Waals surface area (Å²) in [6, 6.07) is 4.71. The number of nitrogens with one attached hydrogen (secondary N) is 1. The van der Waals surface area contributed by atoms with Crippen LogP contribution in [0.5, 0.6) is 0 Å². The second kappa shape index (κ2) is 12.1. The third kappa shape index (κ3) is 5.69. The Hall–Kier alpha value is -1.62. The fourth-order valence-corrected chi connectivity index (χ4v) is 2.37. The van der Waals surface area contributed by atoms with Crippen LogP contribution in [0.1, 0.15) is 42.3 Å². The van der Waals surface area contributed by atoms with E-state index in [2.05, 4.69) is 16.0 Å². The SMILES string of the molecule is CC.CC[N-]C.Cc1ccc(Nc2c3c(n(C)c(=O)c2C)[N-]C3=O)c(F)c1.[U+2]. The molecular weight excluding hydrogens is 585 g/mol. The number of pyridine rings is 1. The van der Waals surface area contributed by atoms with E-state index in [0.29, 0.717) is 22.6 Å². The molecule has 1 aliphatic rings. The molecule has 0 fully saturated rings. The topological polar surface area (TPSA) is 79.3 Å². The van der Waals surface area contributed by atoms with Gasteiger partial charge in [0.25, 0.3) is 0 Å². The van der Waals surface area contributed by atoms with E-state index in [1.54, 1.807) is 40.1 Å². The van der Waals surface area contributed by atoms with Crippen LogP contribution in [-0.2, 0) is 7.05 Å². The first-order valence-corrected chi connectivity index (χ1v) is 8.90. The molecule has 2 heterocycles. The predicted octanol–water partition coefficient (Wildman–Crippen LogP) is 5.08. The summed E-state index contributed by atoms with van der Waals surface area (Å²) in [5.74, 6) is -0.517. The zero-order chi connectivity index (χ0) is 20.7. The Kier molecular flexibility index (Phi) is 11.4. The van der Waals surface area contributed by atoms with Gasteiger partial charge in [-0.15, -0.1) is 0 Å². The molecule has 2 aromatic rings. The number of anilines is 2. The van der Waals surface area contributed by atoms with Gasteiger partial charge in [-0.05, 0) is 37.4 Å². The van der Waals surface area contributed by atoms with Gasteiger partial charge < -0.3 is 20.5 Å². The van der Waals surface area contributed by atoms with E-state index in [4.69, 9.17) is 0 Å². The van der Waals surface area contributed by atoms with Crippen LogP contribution in [0.4, 0.5) is 21.6 Å². The molecule has 150 valence electrons. The number of fused-ring (bicyclic) bond motifs is 1. The van der Waals surface area contributed by atoms with Crippen LogP contribution in [0.15, 0.2) is 23.0 Å². The van der Waals surface area contributed by atoms with Gasteiger partial charge in [-0.3, -0.25) is 9.59 Å². The van der Waals surface area contributed by atoms with Crippen LogP contribution in [0.25, 0.3) is 10.6 Å². The van der Waals surface area contributed by atoms with E-state index < -0.39 is 11.7 Å².